The lowest BCUT2D eigenvalue weighted by atomic mass is 9.68. The smallest absolute Gasteiger partial charge is 0.309 e. The van der Waals surface area contributed by atoms with Gasteiger partial charge in [0.15, 0.2) is 0 Å². The summed E-state index contributed by atoms with van der Waals surface area (Å²) in [4.78, 5) is 11.6. The first-order valence-corrected chi connectivity index (χ1v) is 9.11. The molecule has 0 aromatic carbocycles. The number of aliphatic carboxylic acids is 1. The van der Waals surface area contributed by atoms with Gasteiger partial charge in [-0.25, -0.2) is 8.42 Å². The molecule has 5 heteroatoms. The zero-order valence-electron chi connectivity index (χ0n) is 12.0. The van der Waals surface area contributed by atoms with Gasteiger partial charge in [0.05, 0.1) is 11.2 Å². The van der Waals surface area contributed by atoms with E-state index in [-0.39, 0.29) is 17.9 Å². The zero-order valence-corrected chi connectivity index (χ0v) is 12.8. The third-order valence-corrected chi connectivity index (χ3v) is 6.25. The molecule has 1 aliphatic carbocycles. The largest absolute Gasteiger partial charge is 0.481 e. The fraction of sp³-hybridized carbons (Fsp3) is 0.929. The predicted molar refractivity (Wildman–Crippen MR) is 75.9 cm³/mol. The monoisotopic (exact) mass is 290 g/mol. The highest BCUT2D eigenvalue weighted by Crippen LogP contribution is 2.43. The van der Waals surface area contributed by atoms with Crippen LogP contribution in [0.1, 0.15) is 58.8 Å². The number of carboxylic acids is 1. The van der Waals surface area contributed by atoms with Crippen molar-refractivity contribution in [2.45, 2.75) is 58.8 Å². The molecule has 1 N–H and O–H groups in total. The van der Waals surface area contributed by atoms with E-state index in [1.165, 1.54) is 0 Å². The van der Waals surface area contributed by atoms with Crippen molar-refractivity contribution >= 4 is 15.8 Å². The van der Waals surface area contributed by atoms with Crippen molar-refractivity contribution in [3.05, 3.63) is 0 Å². The summed E-state index contributed by atoms with van der Waals surface area (Å²) < 4.78 is 23.2. The number of carbonyl (C=O) groups is 1. The molecule has 0 unspecified atom stereocenters. The molecule has 4 nitrogen and oxygen atoms in total. The molecule has 0 aromatic heterocycles. The Morgan fingerprint density at radius 3 is 2.26 bits per heavy atom. The van der Waals surface area contributed by atoms with Crippen molar-refractivity contribution in [2.24, 2.45) is 11.3 Å². The van der Waals surface area contributed by atoms with E-state index in [4.69, 9.17) is 0 Å². The maximum Gasteiger partial charge on any atom is 0.309 e. The van der Waals surface area contributed by atoms with Crippen LogP contribution in [0.3, 0.4) is 0 Å². The standard InChI is InChI=1S/C14H26O4S/c1-3-5-12-6-8-14(9-7-12,13(15)16)10-11-19(17,18)4-2/h12H,3-11H2,1-2H3,(H,15,16). The van der Waals surface area contributed by atoms with Crippen molar-refractivity contribution in [3.8, 4) is 0 Å². The minimum atomic E-state index is -3.08. The van der Waals surface area contributed by atoms with E-state index in [1.807, 2.05) is 0 Å². The zero-order chi connectivity index (χ0) is 14.5. The number of hydrogen-bond acceptors (Lipinski definition) is 3. The topological polar surface area (TPSA) is 71.4 Å². The van der Waals surface area contributed by atoms with E-state index >= 15 is 0 Å². The van der Waals surface area contributed by atoms with Gasteiger partial charge in [-0.05, 0) is 38.0 Å². The van der Waals surface area contributed by atoms with Crippen molar-refractivity contribution < 1.29 is 18.3 Å². The summed E-state index contributed by atoms with van der Waals surface area (Å²) in [5, 5.41) is 9.48. The second-order valence-electron chi connectivity index (χ2n) is 5.80. The average molecular weight is 290 g/mol. The number of hydrogen-bond donors (Lipinski definition) is 1. The van der Waals surface area contributed by atoms with E-state index in [9.17, 15) is 18.3 Å². The molecule has 1 fully saturated rings. The Morgan fingerprint density at radius 1 is 1.26 bits per heavy atom. The second kappa shape index (κ2) is 6.73. The molecule has 0 heterocycles. The molecule has 0 radical (unpaired) electrons. The Bertz CT molecular complexity index is 392. The van der Waals surface area contributed by atoms with Crippen LogP contribution in [0.15, 0.2) is 0 Å². The molecule has 0 saturated heterocycles. The SMILES string of the molecule is CCCC1CCC(CCS(=O)(=O)CC)(C(=O)O)CC1. The van der Waals surface area contributed by atoms with Gasteiger partial charge in [0.2, 0.25) is 0 Å². The molecular weight excluding hydrogens is 264 g/mol. The van der Waals surface area contributed by atoms with Crippen molar-refractivity contribution in [1.29, 1.82) is 0 Å². The highest BCUT2D eigenvalue weighted by Gasteiger charge is 2.42. The first kappa shape index (κ1) is 16.5. The quantitative estimate of drug-likeness (QED) is 0.782. The number of sulfone groups is 1. The van der Waals surface area contributed by atoms with Crippen LogP contribution in [0.4, 0.5) is 0 Å². The highest BCUT2D eigenvalue weighted by molar-refractivity contribution is 7.91. The van der Waals surface area contributed by atoms with E-state index < -0.39 is 21.2 Å². The van der Waals surface area contributed by atoms with E-state index in [0.29, 0.717) is 18.8 Å². The molecule has 0 spiro atoms. The van der Waals surface area contributed by atoms with Crippen LogP contribution in [0.25, 0.3) is 0 Å². The second-order valence-corrected chi connectivity index (χ2v) is 8.28. The first-order chi connectivity index (χ1) is 8.85. The van der Waals surface area contributed by atoms with E-state index in [0.717, 1.165) is 25.7 Å². The normalized spacial score (nSPS) is 28.2. The molecule has 1 rings (SSSR count). The molecule has 0 atom stereocenters. The number of carboxylic acid groups (broad SMARTS) is 1. The van der Waals surface area contributed by atoms with Crippen LogP contribution in [0.5, 0.6) is 0 Å². The molecule has 0 amide bonds. The summed E-state index contributed by atoms with van der Waals surface area (Å²) in [7, 11) is -3.08. The Balaban J connectivity index is 2.65. The molecular formula is C14H26O4S. The van der Waals surface area contributed by atoms with Gasteiger partial charge in [0.1, 0.15) is 9.84 Å². The lowest BCUT2D eigenvalue weighted by Gasteiger charge is -2.36. The van der Waals surface area contributed by atoms with Crippen LogP contribution >= 0.6 is 0 Å². The Morgan fingerprint density at radius 2 is 1.84 bits per heavy atom. The summed E-state index contributed by atoms with van der Waals surface area (Å²) in [5.41, 5.74) is -0.799. The molecule has 1 saturated carbocycles. The third-order valence-electron chi connectivity index (χ3n) is 4.54. The van der Waals surface area contributed by atoms with Crippen LogP contribution in [0, 0.1) is 11.3 Å². The van der Waals surface area contributed by atoms with E-state index in [2.05, 4.69) is 6.92 Å². The summed E-state index contributed by atoms with van der Waals surface area (Å²) in [6.45, 7) is 3.76. The Labute approximate surface area is 116 Å². The summed E-state index contributed by atoms with van der Waals surface area (Å²) >= 11 is 0. The minimum Gasteiger partial charge on any atom is -0.481 e. The third kappa shape index (κ3) is 4.48. The van der Waals surface area contributed by atoms with Gasteiger partial charge in [-0.15, -0.1) is 0 Å². The lowest BCUT2D eigenvalue weighted by molar-refractivity contribution is -0.151. The van der Waals surface area contributed by atoms with Crippen LogP contribution in [0.2, 0.25) is 0 Å². The molecule has 0 aromatic rings. The van der Waals surface area contributed by atoms with Crippen molar-refractivity contribution in [3.63, 3.8) is 0 Å². The fourth-order valence-electron chi connectivity index (χ4n) is 2.99. The minimum absolute atomic E-state index is 0.00818. The maximum absolute atomic E-state index is 11.6. The van der Waals surface area contributed by atoms with Crippen molar-refractivity contribution in [1.82, 2.24) is 0 Å². The molecule has 112 valence electrons. The van der Waals surface area contributed by atoms with Gasteiger partial charge >= 0.3 is 5.97 Å². The van der Waals surface area contributed by atoms with Crippen LogP contribution < -0.4 is 0 Å². The fourth-order valence-corrected chi connectivity index (χ4v) is 3.98. The molecule has 19 heavy (non-hydrogen) atoms. The average Bonchev–Trinajstić information content (AvgIpc) is 2.38. The maximum atomic E-state index is 11.6. The Hall–Kier alpha value is -0.580. The molecule has 1 aliphatic rings. The van der Waals surface area contributed by atoms with Gasteiger partial charge in [0, 0.05) is 5.75 Å². The molecule has 0 bridgehead atoms. The van der Waals surface area contributed by atoms with Gasteiger partial charge in [0.25, 0.3) is 0 Å². The van der Waals surface area contributed by atoms with Crippen LogP contribution in [-0.2, 0) is 14.6 Å². The predicted octanol–water partition coefficient (Wildman–Crippen LogP) is 2.87. The van der Waals surface area contributed by atoms with Crippen molar-refractivity contribution in [2.75, 3.05) is 11.5 Å². The van der Waals surface area contributed by atoms with Gasteiger partial charge in [-0.1, -0.05) is 26.7 Å². The van der Waals surface area contributed by atoms with Gasteiger partial charge in [-0.3, -0.25) is 4.79 Å². The molecule has 0 aliphatic heterocycles. The lowest BCUT2D eigenvalue weighted by Crippen LogP contribution is -2.37. The highest BCUT2D eigenvalue weighted by atomic mass is 32.2. The van der Waals surface area contributed by atoms with E-state index in [1.54, 1.807) is 6.92 Å². The summed E-state index contributed by atoms with van der Waals surface area (Å²) in [6, 6.07) is 0. The van der Waals surface area contributed by atoms with Crippen LogP contribution in [-0.4, -0.2) is 31.0 Å². The summed E-state index contributed by atoms with van der Waals surface area (Å²) in [5.74, 6) is -0.0796. The Kier molecular flexibility index (Phi) is 5.83. The first-order valence-electron chi connectivity index (χ1n) is 7.29. The van der Waals surface area contributed by atoms with Gasteiger partial charge in [-0.2, -0.15) is 0 Å². The van der Waals surface area contributed by atoms with Gasteiger partial charge < -0.3 is 5.11 Å². The number of rotatable bonds is 7. The summed E-state index contributed by atoms with van der Waals surface area (Å²) in [6.07, 6.45) is 5.67.